The minimum absolute atomic E-state index is 0.145. The van der Waals surface area contributed by atoms with E-state index in [1.807, 2.05) is 13.0 Å². The van der Waals surface area contributed by atoms with Gasteiger partial charge in [0.15, 0.2) is 5.78 Å². The number of allylic oxidation sites excluding steroid dienone is 1. The van der Waals surface area contributed by atoms with Crippen LogP contribution in [0.2, 0.25) is 10.0 Å². The molecule has 1 atom stereocenters. The van der Waals surface area contributed by atoms with Gasteiger partial charge in [0.05, 0.1) is 22.8 Å². The molecule has 152 valence electrons. The molecule has 0 aromatic heterocycles. The number of aliphatic hydroxyl groups excluding tert-OH is 1. The van der Waals surface area contributed by atoms with Gasteiger partial charge >= 0.3 is 0 Å². The Balaban J connectivity index is 1.75. The van der Waals surface area contributed by atoms with Crippen molar-refractivity contribution in [2.45, 2.75) is 45.2 Å². The summed E-state index contributed by atoms with van der Waals surface area (Å²) in [7, 11) is 0. The number of aliphatic hydroxyl groups is 1. The van der Waals surface area contributed by atoms with Crippen molar-refractivity contribution in [3.8, 4) is 0 Å². The number of halogens is 2. The molecule has 2 rings (SSSR count). The Morgan fingerprint density at radius 2 is 2.00 bits per heavy atom. The summed E-state index contributed by atoms with van der Waals surface area (Å²) >= 11 is 11.9. The number of carbonyl (C=O) groups excluding carboxylic acids is 2. The van der Waals surface area contributed by atoms with Gasteiger partial charge in [0, 0.05) is 24.8 Å². The van der Waals surface area contributed by atoms with E-state index in [-0.39, 0.29) is 17.7 Å². The van der Waals surface area contributed by atoms with Gasteiger partial charge in [-0.05, 0) is 43.0 Å². The first-order valence-electron chi connectivity index (χ1n) is 9.21. The van der Waals surface area contributed by atoms with E-state index >= 15 is 0 Å². The van der Waals surface area contributed by atoms with Crippen molar-refractivity contribution < 1.29 is 14.7 Å². The Labute approximate surface area is 175 Å². The Kier molecular flexibility index (Phi) is 9.12. The summed E-state index contributed by atoms with van der Waals surface area (Å²) in [5, 5.41) is 15.8. The van der Waals surface area contributed by atoms with Gasteiger partial charge in [-0.3, -0.25) is 19.9 Å². The van der Waals surface area contributed by atoms with E-state index in [9.17, 15) is 9.59 Å². The highest BCUT2D eigenvalue weighted by Crippen LogP contribution is 2.23. The molecule has 1 unspecified atom stereocenters. The number of hydrogen-bond acceptors (Lipinski definition) is 5. The molecule has 1 aliphatic rings. The minimum atomic E-state index is -0.413. The van der Waals surface area contributed by atoms with Crippen molar-refractivity contribution in [3.63, 3.8) is 0 Å². The van der Waals surface area contributed by atoms with E-state index in [2.05, 4.69) is 15.6 Å². The second kappa shape index (κ2) is 11.3. The Morgan fingerprint density at radius 3 is 2.71 bits per heavy atom. The van der Waals surface area contributed by atoms with E-state index in [1.54, 1.807) is 18.3 Å². The molecular formula is C20H25Cl2N3O3. The van der Waals surface area contributed by atoms with Gasteiger partial charge in [-0.25, -0.2) is 0 Å². The lowest BCUT2D eigenvalue weighted by molar-refractivity contribution is -0.122. The molecule has 6 nitrogen and oxygen atoms in total. The number of hydrogen-bond donors (Lipinski definition) is 3. The molecule has 1 aliphatic heterocycles. The first-order valence-corrected chi connectivity index (χ1v) is 9.97. The topological polar surface area (TPSA) is 90.8 Å². The molecule has 0 aliphatic carbocycles. The van der Waals surface area contributed by atoms with Crippen LogP contribution < -0.4 is 10.6 Å². The van der Waals surface area contributed by atoms with Gasteiger partial charge in [0.25, 0.3) is 5.91 Å². The van der Waals surface area contributed by atoms with Crippen LogP contribution in [0.1, 0.15) is 38.2 Å². The van der Waals surface area contributed by atoms with Gasteiger partial charge in [-0.2, -0.15) is 0 Å². The van der Waals surface area contributed by atoms with Crippen LogP contribution in [0.25, 0.3) is 0 Å². The average Bonchev–Trinajstić information content (AvgIpc) is 3.05. The first-order chi connectivity index (χ1) is 13.4. The van der Waals surface area contributed by atoms with Crippen LogP contribution in [-0.2, 0) is 16.1 Å². The lowest BCUT2D eigenvalue weighted by Crippen LogP contribution is -2.36. The van der Waals surface area contributed by atoms with Crippen LogP contribution in [0.15, 0.2) is 34.3 Å². The van der Waals surface area contributed by atoms with E-state index in [4.69, 9.17) is 28.3 Å². The third-order valence-corrected chi connectivity index (χ3v) is 5.24. The molecule has 28 heavy (non-hydrogen) atoms. The summed E-state index contributed by atoms with van der Waals surface area (Å²) in [5.41, 5.74) is 2.50. The second-order valence-electron chi connectivity index (χ2n) is 6.69. The number of unbranched alkanes of at least 4 members (excludes halogenated alkanes) is 1. The van der Waals surface area contributed by atoms with Crippen LogP contribution in [0.3, 0.4) is 0 Å². The summed E-state index contributed by atoms with van der Waals surface area (Å²) in [6.45, 7) is 2.32. The number of Topliss-reactive ketones (excluding diaryl/α,β-unsaturated/α-hetero) is 1. The van der Waals surface area contributed by atoms with Crippen molar-refractivity contribution in [2.24, 2.45) is 4.99 Å². The van der Waals surface area contributed by atoms with E-state index in [0.29, 0.717) is 48.1 Å². The smallest absolute Gasteiger partial charge is 0.250 e. The fourth-order valence-electron chi connectivity index (χ4n) is 2.99. The van der Waals surface area contributed by atoms with Crippen LogP contribution in [0.5, 0.6) is 0 Å². The number of nitrogens with zero attached hydrogens (tertiary/aromatic N) is 1. The maximum Gasteiger partial charge on any atom is 0.250 e. The fourth-order valence-corrected chi connectivity index (χ4v) is 3.31. The summed E-state index contributed by atoms with van der Waals surface area (Å²) in [5.74, 6) is -0.305. The first kappa shape index (κ1) is 22.6. The van der Waals surface area contributed by atoms with Crippen molar-refractivity contribution in [1.82, 2.24) is 10.6 Å². The molecular weight excluding hydrogens is 401 g/mol. The normalized spacial score (nSPS) is 15.9. The molecule has 1 aromatic carbocycles. The number of amides is 1. The molecule has 0 saturated heterocycles. The summed E-state index contributed by atoms with van der Waals surface area (Å²) in [6, 6.07) is 5.22. The van der Waals surface area contributed by atoms with Crippen LogP contribution in [0.4, 0.5) is 0 Å². The van der Waals surface area contributed by atoms with Gasteiger partial charge in [0.1, 0.15) is 6.61 Å². The molecule has 0 fully saturated rings. The summed E-state index contributed by atoms with van der Waals surface area (Å²) in [4.78, 5) is 28.1. The number of ketones is 1. The quantitative estimate of drug-likeness (QED) is 0.375. The lowest BCUT2D eigenvalue weighted by atomic mass is 9.98. The van der Waals surface area contributed by atoms with Gasteiger partial charge in [-0.15, -0.1) is 0 Å². The maximum absolute atomic E-state index is 12.5. The molecule has 0 saturated carbocycles. The number of rotatable bonds is 11. The molecule has 0 bridgehead atoms. The fraction of sp³-hybridized carbons (Fsp3) is 0.450. The van der Waals surface area contributed by atoms with Crippen LogP contribution in [-0.4, -0.2) is 42.3 Å². The monoisotopic (exact) mass is 425 g/mol. The van der Waals surface area contributed by atoms with Crippen molar-refractivity contribution in [2.75, 3.05) is 13.3 Å². The number of nitrogens with one attached hydrogen (secondary N) is 2. The minimum Gasteiger partial charge on any atom is -0.389 e. The number of carbonyl (C=O) groups is 2. The second-order valence-corrected chi connectivity index (χ2v) is 7.51. The lowest BCUT2D eigenvalue weighted by Gasteiger charge is -2.14. The molecule has 0 radical (unpaired) electrons. The zero-order chi connectivity index (χ0) is 20.5. The summed E-state index contributed by atoms with van der Waals surface area (Å²) in [6.07, 6.45) is 4.24. The maximum atomic E-state index is 12.5. The highest BCUT2D eigenvalue weighted by atomic mass is 35.5. The zero-order valence-electron chi connectivity index (χ0n) is 15.8. The van der Waals surface area contributed by atoms with Gasteiger partial charge in [0.2, 0.25) is 0 Å². The molecule has 1 heterocycles. The standard InChI is InChI=1S/C20H25Cl2N3O3/c1-13-9-24-18(5-3-2-4-15(27)11-26)19(13)20(28)25-12-23-10-14-6-7-16(21)17(22)8-14/h6-9,18,23,26H,2-5,10-12H2,1H3,(H,25,28). The molecule has 3 N–H and O–H groups in total. The molecule has 1 amide bonds. The molecule has 1 aromatic rings. The average molecular weight is 426 g/mol. The van der Waals surface area contributed by atoms with E-state index in [1.165, 1.54) is 0 Å². The number of aliphatic imine (C=N–C) groups is 1. The van der Waals surface area contributed by atoms with E-state index in [0.717, 1.165) is 17.6 Å². The van der Waals surface area contributed by atoms with Gasteiger partial charge in [-0.1, -0.05) is 35.7 Å². The van der Waals surface area contributed by atoms with E-state index < -0.39 is 6.61 Å². The highest BCUT2D eigenvalue weighted by molar-refractivity contribution is 6.42. The Bertz CT molecular complexity index is 778. The Hall–Kier alpha value is -1.73. The Morgan fingerprint density at radius 1 is 1.21 bits per heavy atom. The third kappa shape index (κ3) is 6.71. The molecule has 0 spiro atoms. The zero-order valence-corrected chi connectivity index (χ0v) is 17.3. The van der Waals surface area contributed by atoms with Crippen molar-refractivity contribution in [3.05, 3.63) is 45.0 Å². The largest absolute Gasteiger partial charge is 0.389 e. The highest BCUT2D eigenvalue weighted by Gasteiger charge is 2.25. The predicted molar refractivity (Wildman–Crippen MR) is 112 cm³/mol. The van der Waals surface area contributed by atoms with Crippen molar-refractivity contribution >= 4 is 41.1 Å². The van der Waals surface area contributed by atoms with Crippen LogP contribution in [0, 0.1) is 0 Å². The SMILES string of the molecule is CC1=C(C(=O)NCNCc2ccc(Cl)c(Cl)c2)C(CCCCC(=O)CO)N=C1. The van der Waals surface area contributed by atoms with Crippen LogP contribution >= 0.6 is 23.2 Å². The molecule has 8 heteroatoms. The number of benzene rings is 1. The summed E-state index contributed by atoms with van der Waals surface area (Å²) < 4.78 is 0. The predicted octanol–water partition coefficient (Wildman–Crippen LogP) is 3.05. The third-order valence-electron chi connectivity index (χ3n) is 4.50. The van der Waals surface area contributed by atoms with Crippen molar-refractivity contribution in [1.29, 1.82) is 0 Å². The van der Waals surface area contributed by atoms with Gasteiger partial charge < -0.3 is 10.4 Å².